The molecule has 0 amide bonds. The van der Waals surface area contributed by atoms with Gasteiger partial charge in [-0.3, -0.25) is 9.55 Å². The van der Waals surface area contributed by atoms with Gasteiger partial charge < -0.3 is 14.4 Å². The molecule has 2 unspecified atom stereocenters. The van der Waals surface area contributed by atoms with Gasteiger partial charge in [-0.25, -0.2) is 0 Å². The number of nitrogens with zero attached hydrogens (tertiary/aromatic N) is 1. The van der Waals surface area contributed by atoms with Crippen molar-refractivity contribution in [3.63, 3.8) is 0 Å². The Morgan fingerprint density at radius 2 is 1.95 bits per heavy atom. The zero-order valence-electron chi connectivity index (χ0n) is 12.2. The van der Waals surface area contributed by atoms with Crippen molar-refractivity contribution < 1.29 is 13.6 Å². The van der Waals surface area contributed by atoms with E-state index in [0.29, 0.717) is 19.8 Å². The minimum absolute atomic E-state index is 0. The predicted octanol–water partition coefficient (Wildman–Crippen LogP) is 3.25. The molecule has 0 radical (unpaired) electrons. The molecule has 0 spiro atoms. The molecule has 5 nitrogen and oxygen atoms in total. The Morgan fingerprint density at radius 3 is 2.48 bits per heavy atom. The lowest BCUT2D eigenvalue weighted by Crippen LogP contribution is -2.21. The first-order valence-corrected chi connectivity index (χ1v) is 8.32. The van der Waals surface area contributed by atoms with Crippen LogP contribution < -0.4 is 5.32 Å². The molecule has 2 rings (SSSR count). The monoisotopic (exact) mass is 356 g/mol. The smallest absolute Gasteiger partial charge is 0.315 e. The molecule has 8 heteroatoms. The van der Waals surface area contributed by atoms with Gasteiger partial charge in [-0.2, -0.15) is 0 Å². The highest BCUT2D eigenvalue weighted by Gasteiger charge is 2.44. The van der Waals surface area contributed by atoms with Crippen molar-refractivity contribution in [1.82, 2.24) is 10.3 Å². The lowest BCUT2D eigenvalue weighted by molar-refractivity contribution is 0.211. The fourth-order valence-corrected chi connectivity index (χ4v) is 4.77. The van der Waals surface area contributed by atoms with E-state index in [1.807, 2.05) is 32.2 Å². The molecule has 0 aromatic carbocycles. The molecule has 1 N–H and O–H groups in total. The van der Waals surface area contributed by atoms with Gasteiger partial charge in [0.25, 0.3) is 0 Å². The molecule has 122 valence electrons. The second kappa shape index (κ2) is 9.78. The third-order valence-electron chi connectivity index (χ3n) is 3.32. The van der Waals surface area contributed by atoms with Crippen molar-refractivity contribution in [2.45, 2.75) is 25.4 Å². The van der Waals surface area contributed by atoms with Crippen LogP contribution in [-0.4, -0.2) is 36.9 Å². The third kappa shape index (κ3) is 4.92. The summed E-state index contributed by atoms with van der Waals surface area (Å²) in [6.45, 7) is 5.90. The van der Waals surface area contributed by atoms with E-state index in [1.165, 1.54) is 0 Å². The van der Waals surface area contributed by atoms with E-state index in [-0.39, 0.29) is 36.4 Å². The number of hydrogen-bond acceptors (Lipinski definition) is 5. The molecule has 1 fully saturated rings. The molecule has 21 heavy (non-hydrogen) atoms. The van der Waals surface area contributed by atoms with Crippen molar-refractivity contribution in [2.75, 3.05) is 26.3 Å². The van der Waals surface area contributed by atoms with Gasteiger partial charge in [-0.15, -0.1) is 24.8 Å². The highest BCUT2D eigenvalue weighted by atomic mass is 35.5. The van der Waals surface area contributed by atoms with E-state index in [0.717, 1.165) is 12.1 Å². The van der Waals surface area contributed by atoms with E-state index in [4.69, 9.17) is 9.05 Å². The summed E-state index contributed by atoms with van der Waals surface area (Å²) in [4.78, 5) is 4.14. The maximum absolute atomic E-state index is 12.9. The summed E-state index contributed by atoms with van der Waals surface area (Å²) < 4.78 is 23.9. The highest BCUT2D eigenvalue weighted by molar-refractivity contribution is 7.54. The molecule has 0 bridgehead atoms. The maximum atomic E-state index is 12.9. The zero-order valence-corrected chi connectivity index (χ0v) is 14.8. The Morgan fingerprint density at radius 1 is 1.29 bits per heavy atom. The summed E-state index contributed by atoms with van der Waals surface area (Å²) in [5.41, 5.74) is 0.939. The number of nitrogens with one attached hydrogen (secondary N) is 1. The Hall–Kier alpha value is -0.160. The fourth-order valence-electron chi connectivity index (χ4n) is 2.52. The van der Waals surface area contributed by atoms with Gasteiger partial charge in [0, 0.05) is 31.4 Å². The normalized spacial score (nSPS) is 21.4. The number of hydrogen-bond donors (Lipinski definition) is 1. The van der Waals surface area contributed by atoms with Crippen molar-refractivity contribution >= 4 is 32.4 Å². The topological polar surface area (TPSA) is 60.5 Å². The molecule has 1 aliphatic heterocycles. The van der Waals surface area contributed by atoms with Crippen LogP contribution in [0.25, 0.3) is 0 Å². The van der Waals surface area contributed by atoms with Crippen LogP contribution in [0.2, 0.25) is 0 Å². The summed E-state index contributed by atoms with van der Waals surface area (Å²) in [7, 11) is -3.08. The number of halogens is 2. The molecule has 1 aromatic heterocycles. The van der Waals surface area contributed by atoms with Gasteiger partial charge >= 0.3 is 7.60 Å². The first kappa shape index (κ1) is 20.8. The fraction of sp³-hybridized carbons (Fsp3) is 0.615. The summed E-state index contributed by atoms with van der Waals surface area (Å²) >= 11 is 0. The van der Waals surface area contributed by atoms with E-state index in [2.05, 4.69) is 10.3 Å². The van der Waals surface area contributed by atoms with Crippen LogP contribution in [0.4, 0.5) is 0 Å². The molecular weight excluding hydrogens is 334 g/mol. The summed E-state index contributed by atoms with van der Waals surface area (Å²) in [6.07, 6.45) is 3.57. The van der Waals surface area contributed by atoms with E-state index in [1.54, 1.807) is 6.20 Å². The van der Waals surface area contributed by atoms with Gasteiger partial charge in [0.1, 0.15) is 0 Å². The van der Waals surface area contributed by atoms with Crippen LogP contribution in [0.15, 0.2) is 24.5 Å². The Balaban J connectivity index is 0.00000200. The van der Waals surface area contributed by atoms with Gasteiger partial charge in [-0.05, 0) is 25.5 Å². The van der Waals surface area contributed by atoms with Crippen LogP contribution in [0.1, 0.15) is 25.3 Å². The van der Waals surface area contributed by atoms with Crippen LogP contribution >= 0.6 is 32.4 Å². The third-order valence-corrected chi connectivity index (χ3v) is 5.91. The summed E-state index contributed by atoms with van der Waals surface area (Å²) in [5.74, 6) is 0.123. The SMILES string of the molecule is CCOP(=O)(OCC)C1CNCC1c1cccnc1.Cl.Cl. The number of rotatable bonds is 6. The van der Waals surface area contributed by atoms with Crippen LogP contribution in [-0.2, 0) is 13.6 Å². The lowest BCUT2D eigenvalue weighted by Gasteiger charge is -2.27. The minimum Gasteiger partial charge on any atom is -0.315 e. The quantitative estimate of drug-likeness (QED) is 0.792. The molecular formula is C13H23Cl2N2O3P. The van der Waals surface area contributed by atoms with Crippen molar-refractivity contribution in [3.8, 4) is 0 Å². The van der Waals surface area contributed by atoms with Crippen LogP contribution in [0, 0.1) is 0 Å². The average Bonchev–Trinajstić information content (AvgIpc) is 2.90. The highest BCUT2D eigenvalue weighted by Crippen LogP contribution is 2.58. The molecule has 0 saturated carbocycles. The Bertz CT molecular complexity index is 440. The second-order valence-corrected chi connectivity index (χ2v) is 6.75. The molecule has 1 aromatic rings. The molecule has 2 atom stereocenters. The van der Waals surface area contributed by atoms with Gasteiger partial charge in [0.2, 0.25) is 0 Å². The van der Waals surface area contributed by atoms with E-state index < -0.39 is 7.60 Å². The lowest BCUT2D eigenvalue weighted by atomic mass is 10.0. The van der Waals surface area contributed by atoms with E-state index >= 15 is 0 Å². The van der Waals surface area contributed by atoms with Crippen LogP contribution in [0.5, 0.6) is 0 Å². The molecule has 0 aliphatic carbocycles. The van der Waals surface area contributed by atoms with Crippen molar-refractivity contribution in [3.05, 3.63) is 30.1 Å². The minimum atomic E-state index is -3.08. The largest absolute Gasteiger partial charge is 0.335 e. The van der Waals surface area contributed by atoms with Crippen molar-refractivity contribution in [2.24, 2.45) is 0 Å². The maximum Gasteiger partial charge on any atom is 0.335 e. The van der Waals surface area contributed by atoms with E-state index in [9.17, 15) is 4.57 Å². The molecule has 2 heterocycles. The molecule has 1 saturated heterocycles. The first-order valence-electron chi connectivity index (χ1n) is 6.70. The first-order chi connectivity index (χ1) is 9.21. The van der Waals surface area contributed by atoms with Crippen LogP contribution in [0.3, 0.4) is 0 Å². The standard InChI is InChI=1S/C13H21N2O3P.2ClH/c1-3-17-19(16,18-4-2)13-10-15-9-12(13)11-6-5-7-14-8-11;;/h5-8,12-13,15H,3-4,9-10H2,1-2H3;2*1H. The Kier molecular flexibility index (Phi) is 9.70. The average molecular weight is 357 g/mol. The summed E-state index contributed by atoms with van der Waals surface area (Å²) in [6, 6.07) is 3.91. The number of aromatic nitrogens is 1. The Labute approximate surface area is 138 Å². The number of pyridine rings is 1. The van der Waals surface area contributed by atoms with Crippen molar-refractivity contribution in [1.29, 1.82) is 0 Å². The van der Waals surface area contributed by atoms with Gasteiger partial charge in [-0.1, -0.05) is 6.07 Å². The summed E-state index contributed by atoms with van der Waals surface area (Å²) in [5, 5.41) is 3.28. The van der Waals surface area contributed by atoms with Gasteiger partial charge in [0.05, 0.1) is 18.9 Å². The van der Waals surface area contributed by atoms with Gasteiger partial charge in [0.15, 0.2) is 0 Å². The zero-order chi connectivity index (χ0) is 13.7. The molecule has 1 aliphatic rings. The second-order valence-electron chi connectivity index (χ2n) is 4.49. The predicted molar refractivity (Wildman–Crippen MR) is 89.0 cm³/mol.